The van der Waals surface area contributed by atoms with Crippen LogP contribution in [0, 0.1) is 0 Å². The van der Waals surface area contributed by atoms with E-state index in [-0.39, 0.29) is 25.5 Å². The van der Waals surface area contributed by atoms with Gasteiger partial charge in [-0.1, -0.05) is 13.8 Å². The minimum absolute atomic E-state index is 0.0324. The highest BCUT2D eigenvalue weighted by molar-refractivity contribution is 5.70. The van der Waals surface area contributed by atoms with Crippen LogP contribution in [0.15, 0.2) is 0 Å². The Labute approximate surface area is 138 Å². The van der Waals surface area contributed by atoms with E-state index in [0.717, 1.165) is 0 Å². The lowest BCUT2D eigenvalue weighted by atomic mass is 10.1. The smallest absolute Gasteiger partial charge is 0.214 e. The van der Waals surface area contributed by atoms with Crippen LogP contribution in [0.4, 0.5) is 0 Å². The zero-order valence-electron chi connectivity index (χ0n) is 14.4. The predicted molar refractivity (Wildman–Crippen MR) is 86.6 cm³/mol. The third-order valence-corrected chi connectivity index (χ3v) is 2.20. The summed E-state index contributed by atoms with van der Waals surface area (Å²) in [5.74, 6) is -0.333. The third kappa shape index (κ3) is 21.2. The summed E-state index contributed by atoms with van der Waals surface area (Å²) >= 11 is 0. The molecule has 3 unspecified atom stereocenters. The van der Waals surface area contributed by atoms with Crippen LogP contribution in [0.3, 0.4) is 0 Å². The highest BCUT2D eigenvalue weighted by Gasteiger charge is 2.26. The van der Waals surface area contributed by atoms with E-state index >= 15 is 0 Å². The Balaban J connectivity index is -0.000000574. The molecule has 8 N–H and O–H groups in total. The number of hydrogen-bond donors (Lipinski definition) is 6. The summed E-state index contributed by atoms with van der Waals surface area (Å²) in [4.78, 5) is 9.22. The number of hydrogen-bond acceptors (Lipinski definition) is 8. The first-order valence-electron chi connectivity index (χ1n) is 7.63. The van der Waals surface area contributed by atoms with E-state index in [1.807, 2.05) is 13.8 Å². The van der Waals surface area contributed by atoms with Crippen molar-refractivity contribution in [3.63, 3.8) is 0 Å². The molecule has 0 aromatic carbocycles. The zero-order valence-corrected chi connectivity index (χ0v) is 14.4. The Kier molecular flexibility index (Phi) is 24.9. The van der Waals surface area contributed by atoms with Crippen molar-refractivity contribution in [2.45, 2.75) is 45.5 Å². The maximum absolute atomic E-state index is 9.60. The molecule has 0 spiro atoms. The molecule has 0 heterocycles. The Morgan fingerprint density at radius 3 is 2.04 bits per heavy atom. The highest BCUT2D eigenvalue weighted by Crippen LogP contribution is 2.07. The third-order valence-electron chi connectivity index (χ3n) is 2.20. The highest BCUT2D eigenvalue weighted by atomic mass is 16.5. The van der Waals surface area contributed by atoms with Gasteiger partial charge in [0.25, 0.3) is 0 Å². The molecule has 0 fully saturated rings. The predicted octanol–water partition coefficient (Wildman–Crippen LogP) is -2.04. The van der Waals surface area contributed by atoms with E-state index in [4.69, 9.17) is 25.4 Å². The van der Waals surface area contributed by atoms with Gasteiger partial charge in [0.05, 0.1) is 32.5 Å². The van der Waals surface area contributed by atoms with Crippen molar-refractivity contribution in [2.75, 3.05) is 39.6 Å². The summed E-state index contributed by atoms with van der Waals surface area (Å²) in [5, 5.41) is 36.6. The van der Waals surface area contributed by atoms with Crippen molar-refractivity contribution >= 4 is 5.91 Å². The second-order valence-corrected chi connectivity index (χ2v) is 4.17. The van der Waals surface area contributed by atoms with Gasteiger partial charge in [-0.25, -0.2) is 0 Å². The van der Waals surface area contributed by atoms with Gasteiger partial charge in [-0.15, -0.1) is 0 Å². The minimum atomic E-state index is -1.23. The molecule has 0 aromatic rings. The van der Waals surface area contributed by atoms with Crippen molar-refractivity contribution < 1.29 is 34.7 Å². The van der Waals surface area contributed by atoms with Gasteiger partial charge in [0, 0.05) is 20.1 Å². The Morgan fingerprint density at radius 2 is 1.65 bits per heavy atom. The molecule has 9 nitrogen and oxygen atoms in total. The van der Waals surface area contributed by atoms with Gasteiger partial charge in [0.15, 0.2) is 0 Å². The average Bonchev–Trinajstić information content (AvgIpc) is 2.52. The van der Waals surface area contributed by atoms with Gasteiger partial charge in [-0.3, -0.25) is 4.79 Å². The molecular formula is C14H34N2O7. The fraction of sp³-hybridized carbons (Fsp3) is 0.929. The molecule has 0 aromatic heterocycles. The van der Waals surface area contributed by atoms with Crippen molar-refractivity contribution in [1.82, 2.24) is 0 Å². The fourth-order valence-corrected chi connectivity index (χ4v) is 1.25. The summed E-state index contributed by atoms with van der Waals surface area (Å²) in [6.07, 6.45) is -3.22. The topological polar surface area (TPSA) is 168 Å². The van der Waals surface area contributed by atoms with E-state index in [2.05, 4.69) is 5.73 Å². The number of aliphatic hydroxyl groups is 4. The van der Waals surface area contributed by atoms with Crippen LogP contribution >= 0.6 is 0 Å². The number of carbonyl (C=O) groups is 1. The van der Waals surface area contributed by atoms with E-state index in [1.54, 1.807) is 0 Å². The van der Waals surface area contributed by atoms with E-state index in [0.29, 0.717) is 19.8 Å². The number of aliphatic hydroxyl groups excluding tert-OH is 4. The molecule has 0 saturated carbocycles. The van der Waals surface area contributed by atoms with Crippen LogP contribution in [0.5, 0.6) is 0 Å². The molecule has 142 valence electrons. The van der Waals surface area contributed by atoms with Gasteiger partial charge in [-0.05, 0) is 6.42 Å². The molecule has 0 aliphatic rings. The SMILES string of the molecule is CC.CC(N)=O.NCCOCCOC(CO)C(O)C(O)CCO. The molecule has 23 heavy (non-hydrogen) atoms. The molecule has 0 rings (SSSR count). The van der Waals surface area contributed by atoms with Crippen LogP contribution in [-0.2, 0) is 14.3 Å². The number of primary amides is 1. The fourth-order valence-electron chi connectivity index (χ4n) is 1.25. The zero-order chi connectivity index (χ0) is 18.7. The molecule has 3 atom stereocenters. The van der Waals surface area contributed by atoms with Crippen LogP contribution in [0.2, 0.25) is 0 Å². The second kappa shape index (κ2) is 21.2. The number of nitrogens with two attached hydrogens (primary N) is 2. The number of amides is 1. The Hall–Kier alpha value is -0.810. The molecule has 9 heteroatoms. The lowest BCUT2D eigenvalue weighted by Crippen LogP contribution is -2.42. The average molecular weight is 342 g/mol. The monoisotopic (exact) mass is 342 g/mol. The molecule has 0 bridgehead atoms. The van der Waals surface area contributed by atoms with Crippen LogP contribution in [0.25, 0.3) is 0 Å². The second-order valence-electron chi connectivity index (χ2n) is 4.17. The first-order chi connectivity index (χ1) is 10.9. The summed E-state index contributed by atoms with van der Waals surface area (Å²) in [7, 11) is 0. The van der Waals surface area contributed by atoms with E-state index in [1.165, 1.54) is 6.92 Å². The Bertz CT molecular complexity index is 241. The van der Waals surface area contributed by atoms with Gasteiger partial charge < -0.3 is 41.4 Å². The van der Waals surface area contributed by atoms with Crippen molar-refractivity contribution in [3.05, 3.63) is 0 Å². The van der Waals surface area contributed by atoms with Gasteiger partial charge in [-0.2, -0.15) is 0 Å². The largest absolute Gasteiger partial charge is 0.396 e. The molecule has 0 saturated heterocycles. The molecular weight excluding hydrogens is 308 g/mol. The summed E-state index contributed by atoms with van der Waals surface area (Å²) in [5.41, 5.74) is 9.69. The molecule has 0 radical (unpaired) electrons. The Morgan fingerprint density at radius 1 is 1.13 bits per heavy atom. The number of rotatable bonds is 11. The number of carbonyl (C=O) groups excluding carboxylic acids is 1. The number of ether oxygens (including phenoxy) is 2. The van der Waals surface area contributed by atoms with Crippen molar-refractivity contribution in [3.8, 4) is 0 Å². The normalized spacial score (nSPS) is 13.7. The minimum Gasteiger partial charge on any atom is -0.396 e. The van der Waals surface area contributed by atoms with Crippen LogP contribution in [0.1, 0.15) is 27.2 Å². The maximum atomic E-state index is 9.60. The first kappa shape index (κ1) is 27.1. The van der Waals surface area contributed by atoms with Gasteiger partial charge >= 0.3 is 0 Å². The van der Waals surface area contributed by atoms with Crippen molar-refractivity contribution in [1.29, 1.82) is 0 Å². The lowest BCUT2D eigenvalue weighted by Gasteiger charge is -2.25. The van der Waals surface area contributed by atoms with Crippen LogP contribution < -0.4 is 11.5 Å². The van der Waals surface area contributed by atoms with E-state index in [9.17, 15) is 15.0 Å². The molecule has 1 amide bonds. The van der Waals surface area contributed by atoms with Crippen molar-refractivity contribution in [2.24, 2.45) is 11.5 Å². The maximum Gasteiger partial charge on any atom is 0.214 e. The van der Waals surface area contributed by atoms with E-state index < -0.39 is 24.9 Å². The molecule has 0 aliphatic carbocycles. The van der Waals surface area contributed by atoms with Gasteiger partial charge in [0.2, 0.25) is 5.91 Å². The van der Waals surface area contributed by atoms with Gasteiger partial charge in [0.1, 0.15) is 12.2 Å². The first-order valence-corrected chi connectivity index (χ1v) is 7.63. The summed E-state index contributed by atoms with van der Waals surface area (Å²) in [6, 6.07) is 0. The standard InChI is InChI=1S/C10H23NO6.C2H5NO.C2H6/c11-2-4-16-5-6-17-9(7-13)10(15)8(14)1-3-12;1-2(3)4;1-2/h8-10,12-15H,1-7,11H2;1H3,(H2,3,4);1-2H3. The summed E-state index contributed by atoms with van der Waals surface area (Å²) in [6.45, 7) is 5.98. The lowest BCUT2D eigenvalue weighted by molar-refractivity contribution is -0.117. The summed E-state index contributed by atoms with van der Waals surface area (Å²) < 4.78 is 10.2. The molecule has 0 aliphatic heterocycles. The quantitative estimate of drug-likeness (QED) is 0.233. The van der Waals surface area contributed by atoms with Crippen LogP contribution in [-0.4, -0.2) is 84.2 Å².